The van der Waals surface area contributed by atoms with Crippen LogP contribution < -0.4 is 5.32 Å². The molecule has 0 aliphatic rings. The first-order valence-corrected chi connectivity index (χ1v) is 4.83. The summed E-state index contributed by atoms with van der Waals surface area (Å²) in [7, 11) is 0. The molecular formula is C10H11F3N2O2. The Morgan fingerprint density at radius 3 is 2.59 bits per heavy atom. The van der Waals surface area contributed by atoms with E-state index in [0.29, 0.717) is 6.42 Å². The standard InChI is InChI=1S/C10H11F3N2O2/c11-10(12,13)7-17-9(16)15-6-3-8-1-4-14-5-2-8/h1-2,4-5H,3,6-7H2,(H,15,16). The molecule has 0 radical (unpaired) electrons. The van der Waals surface area contributed by atoms with Gasteiger partial charge in [-0.3, -0.25) is 4.98 Å². The molecule has 1 rings (SSSR count). The molecule has 0 fully saturated rings. The minimum Gasteiger partial charge on any atom is -0.440 e. The van der Waals surface area contributed by atoms with Gasteiger partial charge < -0.3 is 10.1 Å². The highest BCUT2D eigenvalue weighted by Gasteiger charge is 2.29. The number of nitrogens with zero attached hydrogens (tertiary/aromatic N) is 1. The van der Waals surface area contributed by atoms with Gasteiger partial charge in [-0.25, -0.2) is 4.79 Å². The summed E-state index contributed by atoms with van der Waals surface area (Å²) in [4.78, 5) is 14.6. The maximum absolute atomic E-state index is 11.7. The molecule has 0 unspecified atom stereocenters. The molecule has 0 aliphatic heterocycles. The fourth-order valence-electron chi connectivity index (χ4n) is 1.06. The van der Waals surface area contributed by atoms with Crippen molar-refractivity contribution in [3.63, 3.8) is 0 Å². The van der Waals surface area contributed by atoms with Gasteiger partial charge in [-0.2, -0.15) is 13.2 Å². The van der Waals surface area contributed by atoms with Crippen LogP contribution in [-0.4, -0.2) is 30.4 Å². The van der Waals surface area contributed by atoms with E-state index in [1.165, 1.54) is 0 Å². The number of rotatable bonds is 4. The van der Waals surface area contributed by atoms with Crippen molar-refractivity contribution in [3.8, 4) is 0 Å². The van der Waals surface area contributed by atoms with Crippen LogP contribution in [-0.2, 0) is 11.2 Å². The Labute approximate surface area is 95.8 Å². The molecule has 0 bridgehead atoms. The highest BCUT2D eigenvalue weighted by Crippen LogP contribution is 2.14. The monoisotopic (exact) mass is 248 g/mol. The van der Waals surface area contributed by atoms with E-state index in [0.717, 1.165) is 5.56 Å². The van der Waals surface area contributed by atoms with Crippen LogP contribution in [0.5, 0.6) is 0 Å². The molecule has 1 heterocycles. The number of halogens is 3. The van der Waals surface area contributed by atoms with Gasteiger partial charge in [-0.15, -0.1) is 0 Å². The van der Waals surface area contributed by atoms with Crippen molar-refractivity contribution in [2.24, 2.45) is 0 Å². The fourth-order valence-corrected chi connectivity index (χ4v) is 1.06. The quantitative estimate of drug-likeness (QED) is 0.885. The van der Waals surface area contributed by atoms with Crippen LogP contribution in [0.2, 0.25) is 0 Å². The predicted molar refractivity (Wildman–Crippen MR) is 53.3 cm³/mol. The largest absolute Gasteiger partial charge is 0.440 e. The first kappa shape index (κ1) is 13.3. The Morgan fingerprint density at radius 2 is 2.00 bits per heavy atom. The van der Waals surface area contributed by atoms with Crippen molar-refractivity contribution in [3.05, 3.63) is 30.1 Å². The third-order valence-electron chi connectivity index (χ3n) is 1.80. The van der Waals surface area contributed by atoms with Gasteiger partial charge >= 0.3 is 12.3 Å². The van der Waals surface area contributed by atoms with Crippen LogP contribution in [0, 0.1) is 0 Å². The van der Waals surface area contributed by atoms with E-state index in [-0.39, 0.29) is 6.54 Å². The van der Waals surface area contributed by atoms with Gasteiger partial charge in [0.1, 0.15) is 0 Å². The topological polar surface area (TPSA) is 51.2 Å². The lowest BCUT2D eigenvalue weighted by Gasteiger charge is -2.08. The number of nitrogens with one attached hydrogen (secondary N) is 1. The lowest BCUT2D eigenvalue weighted by Crippen LogP contribution is -2.30. The molecule has 7 heteroatoms. The van der Waals surface area contributed by atoms with Gasteiger partial charge in [0.15, 0.2) is 6.61 Å². The molecule has 17 heavy (non-hydrogen) atoms. The fraction of sp³-hybridized carbons (Fsp3) is 0.400. The van der Waals surface area contributed by atoms with Gasteiger partial charge in [0.05, 0.1) is 0 Å². The van der Waals surface area contributed by atoms with E-state index in [1.807, 2.05) is 0 Å². The number of pyridine rings is 1. The smallest absolute Gasteiger partial charge is 0.422 e. The normalized spacial score (nSPS) is 11.0. The van der Waals surface area contributed by atoms with E-state index < -0.39 is 18.9 Å². The molecule has 1 amide bonds. The molecule has 0 saturated carbocycles. The van der Waals surface area contributed by atoms with Crippen LogP contribution in [0.3, 0.4) is 0 Å². The SMILES string of the molecule is O=C(NCCc1ccncc1)OCC(F)(F)F. The van der Waals surface area contributed by atoms with E-state index in [9.17, 15) is 18.0 Å². The predicted octanol–water partition coefficient (Wildman–Crippen LogP) is 1.91. The summed E-state index contributed by atoms with van der Waals surface area (Å²) >= 11 is 0. The molecule has 0 saturated heterocycles. The Balaban J connectivity index is 2.17. The number of hydrogen-bond acceptors (Lipinski definition) is 3. The average Bonchev–Trinajstić information content (AvgIpc) is 2.27. The molecule has 0 aliphatic carbocycles. The highest BCUT2D eigenvalue weighted by atomic mass is 19.4. The molecule has 1 aromatic rings. The first-order chi connectivity index (χ1) is 7.97. The minimum absolute atomic E-state index is 0.209. The van der Waals surface area contributed by atoms with Crippen molar-refractivity contribution < 1.29 is 22.7 Å². The summed E-state index contributed by atoms with van der Waals surface area (Å²) < 4.78 is 39.0. The van der Waals surface area contributed by atoms with Crippen LogP contribution in [0.1, 0.15) is 5.56 Å². The summed E-state index contributed by atoms with van der Waals surface area (Å²) in [5.74, 6) is 0. The summed E-state index contributed by atoms with van der Waals surface area (Å²) in [5, 5.41) is 2.22. The third-order valence-corrected chi connectivity index (χ3v) is 1.80. The number of ether oxygens (including phenoxy) is 1. The van der Waals surface area contributed by atoms with E-state index in [2.05, 4.69) is 15.0 Å². The minimum atomic E-state index is -4.50. The second-order valence-electron chi connectivity index (χ2n) is 3.22. The molecule has 1 N–H and O–H groups in total. The first-order valence-electron chi connectivity index (χ1n) is 4.83. The summed E-state index contributed by atoms with van der Waals surface area (Å²) in [6.07, 6.45) is -1.88. The van der Waals surface area contributed by atoms with Gasteiger partial charge in [0.25, 0.3) is 0 Å². The van der Waals surface area contributed by atoms with Crippen molar-refractivity contribution in [2.75, 3.05) is 13.2 Å². The van der Waals surface area contributed by atoms with Crippen molar-refractivity contribution in [1.29, 1.82) is 0 Å². The van der Waals surface area contributed by atoms with Gasteiger partial charge in [0, 0.05) is 18.9 Å². The summed E-state index contributed by atoms with van der Waals surface area (Å²) in [5.41, 5.74) is 0.927. The number of hydrogen-bond donors (Lipinski definition) is 1. The molecular weight excluding hydrogens is 237 g/mol. The Kier molecular flexibility index (Phi) is 4.74. The Bertz CT molecular complexity index is 354. The zero-order valence-corrected chi connectivity index (χ0v) is 8.83. The van der Waals surface area contributed by atoms with Crippen LogP contribution in [0.25, 0.3) is 0 Å². The van der Waals surface area contributed by atoms with Crippen molar-refractivity contribution in [2.45, 2.75) is 12.6 Å². The molecule has 0 atom stereocenters. The lowest BCUT2D eigenvalue weighted by molar-refractivity contribution is -0.160. The van der Waals surface area contributed by atoms with Crippen molar-refractivity contribution >= 4 is 6.09 Å². The van der Waals surface area contributed by atoms with Crippen LogP contribution in [0.15, 0.2) is 24.5 Å². The van der Waals surface area contributed by atoms with Crippen LogP contribution >= 0.6 is 0 Å². The van der Waals surface area contributed by atoms with Crippen molar-refractivity contribution in [1.82, 2.24) is 10.3 Å². The van der Waals surface area contributed by atoms with E-state index in [4.69, 9.17) is 0 Å². The number of amides is 1. The number of alkyl halides is 3. The van der Waals surface area contributed by atoms with Gasteiger partial charge in [-0.05, 0) is 24.1 Å². The Hall–Kier alpha value is -1.79. The van der Waals surface area contributed by atoms with Gasteiger partial charge in [-0.1, -0.05) is 0 Å². The molecule has 0 spiro atoms. The zero-order valence-electron chi connectivity index (χ0n) is 8.83. The maximum atomic E-state index is 11.7. The van der Waals surface area contributed by atoms with E-state index >= 15 is 0 Å². The number of alkyl carbamates (subject to hydrolysis) is 1. The van der Waals surface area contributed by atoms with Crippen LogP contribution in [0.4, 0.5) is 18.0 Å². The molecule has 1 aromatic heterocycles. The van der Waals surface area contributed by atoms with Gasteiger partial charge in [0.2, 0.25) is 0 Å². The molecule has 0 aromatic carbocycles. The average molecular weight is 248 g/mol. The highest BCUT2D eigenvalue weighted by molar-refractivity contribution is 5.67. The number of carbonyl (C=O) groups is 1. The summed E-state index contributed by atoms with van der Waals surface area (Å²) in [6, 6.07) is 3.51. The number of aromatic nitrogens is 1. The zero-order chi connectivity index (χ0) is 12.7. The number of carbonyl (C=O) groups excluding carboxylic acids is 1. The molecule has 4 nitrogen and oxygen atoms in total. The molecule has 94 valence electrons. The Morgan fingerprint density at radius 1 is 1.35 bits per heavy atom. The lowest BCUT2D eigenvalue weighted by atomic mass is 10.2. The second kappa shape index (κ2) is 6.07. The maximum Gasteiger partial charge on any atom is 0.422 e. The summed E-state index contributed by atoms with van der Waals surface area (Å²) in [6.45, 7) is -1.37. The second-order valence-corrected chi connectivity index (χ2v) is 3.22. The third kappa shape index (κ3) is 6.39. The van der Waals surface area contributed by atoms with E-state index in [1.54, 1.807) is 24.5 Å².